The second-order valence-electron chi connectivity index (χ2n) is 5.17. The van der Waals surface area contributed by atoms with Crippen LogP contribution in [-0.2, 0) is 0 Å². The van der Waals surface area contributed by atoms with Crippen molar-refractivity contribution in [3.63, 3.8) is 0 Å². The Morgan fingerprint density at radius 1 is 1.38 bits per heavy atom. The van der Waals surface area contributed by atoms with Gasteiger partial charge in [-0.1, -0.05) is 29.8 Å². The van der Waals surface area contributed by atoms with Crippen LogP contribution in [0.1, 0.15) is 44.0 Å². The first-order valence-electron chi connectivity index (χ1n) is 7.46. The fraction of sp³-hybridized carbons (Fsp3) is 0.562. The van der Waals surface area contributed by atoms with Crippen LogP contribution in [0.3, 0.4) is 0 Å². The summed E-state index contributed by atoms with van der Waals surface area (Å²) < 4.78 is 14.3. The molecule has 0 aliphatic rings. The van der Waals surface area contributed by atoms with Crippen molar-refractivity contribution in [1.82, 2.24) is 10.2 Å². The molecule has 21 heavy (non-hydrogen) atoms. The Morgan fingerprint density at radius 3 is 2.62 bits per heavy atom. The Balaban J connectivity index is 2.43. The summed E-state index contributed by atoms with van der Waals surface area (Å²) in [6.07, 6.45) is 1.91. The van der Waals surface area contributed by atoms with E-state index in [9.17, 15) is 9.18 Å². The van der Waals surface area contributed by atoms with E-state index in [1.807, 2.05) is 6.92 Å². The zero-order valence-corrected chi connectivity index (χ0v) is 14.5. The molecular formula is C16H24BrFN2O. The summed E-state index contributed by atoms with van der Waals surface area (Å²) in [6.45, 7) is 9.36. The van der Waals surface area contributed by atoms with Gasteiger partial charge in [-0.05, 0) is 57.6 Å². The van der Waals surface area contributed by atoms with Crippen LogP contribution in [-0.4, -0.2) is 36.5 Å². The molecule has 1 atom stereocenters. The van der Waals surface area contributed by atoms with Gasteiger partial charge in [-0.3, -0.25) is 4.79 Å². The Kier molecular flexibility index (Phi) is 7.89. The van der Waals surface area contributed by atoms with Crippen molar-refractivity contribution in [3.8, 4) is 0 Å². The molecule has 0 saturated carbocycles. The summed E-state index contributed by atoms with van der Waals surface area (Å²) in [6, 6.07) is 4.51. The van der Waals surface area contributed by atoms with Crippen molar-refractivity contribution in [2.45, 2.75) is 39.7 Å². The molecule has 1 amide bonds. The molecule has 0 radical (unpaired) electrons. The zero-order valence-electron chi connectivity index (χ0n) is 13.0. The lowest BCUT2D eigenvalue weighted by atomic mass is 10.1. The molecule has 0 heterocycles. The predicted molar refractivity (Wildman–Crippen MR) is 88.1 cm³/mol. The fourth-order valence-corrected chi connectivity index (χ4v) is 2.54. The summed E-state index contributed by atoms with van der Waals surface area (Å²) in [5, 5.41) is 2.85. The van der Waals surface area contributed by atoms with E-state index in [0.717, 1.165) is 32.5 Å². The fourth-order valence-electron chi connectivity index (χ4n) is 2.21. The molecule has 1 aromatic rings. The standard InChI is InChI=1S/C16H24BrFN2O/c1-4-20(5-2)10-6-7-12(3)19-16(21)14-9-8-13(17)11-15(14)18/h8-9,11-12H,4-7,10H2,1-3H3,(H,19,21). The first-order valence-corrected chi connectivity index (χ1v) is 8.25. The monoisotopic (exact) mass is 358 g/mol. The van der Waals surface area contributed by atoms with Crippen LogP contribution < -0.4 is 5.32 Å². The van der Waals surface area contributed by atoms with Crippen molar-refractivity contribution in [1.29, 1.82) is 0 Å². The van der Waals surface area contributed by atoms with Gasteiger partial charge in [0.1, 0.15) is 5.82 Å². The van der Waals surface area contributed by atoms with Gasteiger partial charge in [-0.25, -0.2) is 4.39 Å². The highest BCUT2D eigenvalue weighted by Gasteiger charge is 2.14. The highest BCUT2D eigenvalue weighted by molar-refractivity contribution is 9.10. The van der Waals surface area contributed by atoms with Gasteiger partial charge in [0.15, 0.2) is 0 Å². The van der Waals surface area contributed by atoms with Crippen LogP contribution >= 0.6 is 15.9 Å². The van der Waals surface area contributed by atoms with Gasteiger partial charge in [0.25, 0.3) is 5.91 Å². The lowest BCUT2D eigenvalue weighted by Gasteiger charge is -2.19. The van der Waals surface area contributed by atoms with Crippen LogP contribution in [0.25, 0.3) is 0 Å². The third-order valence-corrected chi connectivity index (χ3v) is 4.05. The minimum absolute atomic E-state index is 0.0381. The molecule has 1 aromatic carbocycles. The average molecular weight is 359 g/mol. The lowest BCUT2D eigenvalue weighted by molar-refractivity contribution is 0.0933. The first-order chi connectivity index (χ1) is 9.97. The van der Waals surface area contributed by atoms with Gasteiger partial charge < -0.3 is 10.2 Å². The Morgan fingerprint density at radius 2 is 2.05 bits per heavy atom. The van der Waals surface area contributed by atoms with Gasteiger partial charge >= 0.3 is 0 Å². The quantitative estimate of drug-likeness (QED) is 0.765. The Bertz CT molecular complexity index is 464. The number of benzene rings is 1. The van der Waals surface area contributed by atoms with Gasteiger partial charge in [0.2, 0.25) is 0 Å². The summed E-state index contributed by atoms with van der Waals surface area (Å²) in [5.74, 6) is -0.854. The SMILES string of the molecule is CCN(CC)CCCC(C)NC(=O)c1ccc(Br)cc1F. The second-order valence-corrected chi connectivity index (χ2v) is 6.08. The molecule has 0 aromatic heterocycles. The maximum atomic E-state index is 13.7. The molecule has 1 unspecified atom stereocenters. The van der Waals surface area contributed by atoms with E-state index in [-0.39, 0.29) is 17.5 Å². The number of amides is 1. The molecule has 0 fully saturated rings. The Labute approximate surface area is 135 Å². The minimum Gasteiger partial charge on any atom is -0.349 e. The second kappa shape index (κ2) is 9.15. The maximum Gasteiger partial charge on any atom is 0.254 e. The highest BCUT2D eigenvalue weighted by Crippen LogP contribution is 2.15. The molecule has 0 bridgehead atoms. The molecule has 1 N–H and O–H groups in total. The van der Waals surface area contributed by atoms with Crippen LogP contribution in [0.2, 0.25) is 0 Å². The van der Waals surface area contributed by atoms with E-state index < -0.39 is 5.82 Å². The molecule has 3 nitrogen and oxygen atoms in total. The summed E-state index contributed by atoms with van der Waals surface area (Å²) in [4.78, 5) is 14.4. The maximum absolute atomic E-state index is 13.7. The molecule has 0 aliphatic carbocycles. The molecular weight excluding hydrogens is 335 g/mol. The number of hydrogen-bond acceptors (Lipinski definition) is 2. The van der Waals surface area contributed by atoms with E-state index in [0.29, 0.717) is 4.47 Å². The topological polar surface area (TPSA) is 32.3 Å². The molecule has 5 heteroatoms. The molecule has 118 valence electrons. The number of carbonyl (C=O) groups is 1. The van der Waals surface area contributed by atoms with E-state index in [4.69, 9.17) is 0 Å². The number of rotatable bonds is 8. The van der Waals surface area contributed by atoms with Crippen molar-refractivity contribution < 1.29 is 9.18 Å². The number of hydrogen-bond donors (Lipinski definition) is 1. The number of halogens is 2. The van der Waals surface area contributed by atoms with E-state index in [2.05, 4.69) is 40.0 Å². The largest absolute Gasteiger partial charge is 0.349 e. The highest BCUT2D eigenvalue weighted by atomic mass is 79.9. The summed E-state index contributed by atoms with van der Waals surface area (Å²) in [7, 11) is 0. The molecule has 0 saturated heterocycles. The van der Waals surface area contributed by atoms with E-state index in [1.54, 1.807) is 6.07 Å². The van der Waals surface area contributed by atoms with Crippen molar-refractivity contribution in [2.24, 2.45) is 0 Å². The van der Waals surface area contributed by atoms with Crippen LogP contribution in [0, 0.1) is 5.82 Å². The van der Waals surface area contributed by atoms with Crippen molar-refractivity contribution in [3.05, 3.63) is 34.1 Å². The average Bonchev–Trinajstić information content (AvgIpc) is 2.43. The molecule has 1 rings (SSSR count). The normalized spacial score (nSPS) is 12.5. The van der Waals surface area contributed by atoms with Crippen LogP contribution in [0.4, 0.5) is 4.39 Å². The third-order valence-electron chi connectivity index (χ3n) is 3.56. The van der Waals surface area contributed by atoms with E-state index >= 15 is 0 Å². The first kappa shape index (κ1) is 18.1. The minimum atomic E-state index is -0.503. The van der Waals surface area contributed by atoms with Crippen molar-refractivity contribution >= 4 is 21.8 Å². The van der Waals surface area contributed by atoms with Crippen LogP contribution in [0.5, 0.6) is 0 Å². The smallest absolute Gasteiger partial charge is 0.254 e. The van der Waals surface area contributed by atoms with Crippen molar-refractivity contribution in [2.75, 3.05) is 19.6 Å². The summed E-state index contributed by atoms with van der Waals surface area (Å²) >= 11 is 3.18. The van der Waals surface area contributed by atoms with Gasteiger partial charge in [0, 0.05) is 10.5 Å². The van der Waals surface area contributed by atoms with Gasteiger partial charge in [-0.2, -0.15) is 0 Å². The summed E-state index contributed by atoms with van der Waals surface area (Å²) in [5.41, 5.74) is 0.0915. The Hall–Kier alpha value is -0.940. The van der Waals surface area contributed by atoms with Gasteiger partial charge in [0.05, 0.1) is 5.56 Å². The third kappa shape index (κ3) is 6.14. The number of carbonyl (C=O) groups excluding carboxylic acids is 1. The zero-order chi connectivity index (χ0) is 15.8. The van der Waals surface area contributed by atoms with Gasteiger partial charge in [-0.15, -0.1) is 0 Å². The van der Waals surface area contributed by atoms with E-state index in [1.165, 1.54) is 12.1 Å². The molecule has 0 spiro atoms. The molecule has 0 aliphatic heterocycles. The lowest BCUT2D eigenvalue weighted by Crippen LogP contribution is -2.34. The van der Waals surface area contributed by atoms with Crippen LogP contribution in [0.15, 0.2) is 22.7 Å². The predicted octanol–water partition coefficient (Wildman–Crippen LogP) is 3.83. The number of nitrogens with one attached hydrogen (secondary N) is 1. The number of nitrogens with zero attached hydrogens (tertiary/aromatic N) is 1.